The molecule has 4 heteroatoms. The van der Waals surface area contributed by atoms with E-state index in [1.807, 2.05) is 13.8 Å². The van der Waals surface area contributed by atoms with Crippen molar-refractivity contribution in [2.24, 2.45) is 46.3 Å². The molecule has 4 aliphatic carbocycles. The smallest absolute Gasteiger partial charge is 0.332 e. The number of carbonyl (C=O) groups is 1. The van der Waals surface area contributed by atoms with Crippen molar-refractivity contribution < 1.29 is 19.7 Å². The fourth-order valence-electron chi connectivity index (χ4n) is 9.58. The van der Waals surface area contributed by atoms with E-state index in [0.717, 1.165) is 55.3 Å². The second-order valence-electron chi connectivity index (χ2n) is 13.6. The van der Waals surface area contributed by atoms with Crippen LogP contribution in [-0.2, 0) is 9.53 Å². The first-order valence-electron chi connectivity index (χ1n) is 14.0. The van der Waals surface area contributed by atoms with Crippen molar-refractivity contribution in [2.45, 2.75) is 123 Å². The number of hydrogen-bond donors (Lipinski definition) is 2. The van der Waals surface area contributed by atoms with Crippen LogP contribution in [0, 0.1) is 46.3 Å². The quantitative estimate of drug-likeness (QED) is 0.447. The van der Waals surface area contributed by atoms with Gasteiger partial charge in [-0.1, -0.05) is 33.6 Å². The number of aliphatic hydroxyl groups is 2. The molecule has 4 nitrogen and oxygen atoms in total. The summed E-state index contributed by atoms with van der Waals surface area (Å²) in [4.78, 5) is 11.6. The first-order valence-corrected chi connectivity index (χ1v) is 14.0. The lowest BCUT2D eigenvalue weighted by molar-refractivity contribution is -0.165. The van der Waals surface area contributed by atoms with Gasteiger partial charge in [0.15, 0.2) is 0 Å². The molecule has 0 aromatic heterocycles. The molecule has 190 valence electrons. The third kappa shape index (κ3) is 4.90. The van der Waals surface area contributed by atoms with Crippen molar-refractivity contribution in [1.82, 2.24) is 0 Å². The van der Waals surface area contributed by atoms with Gasteiger partial charge in [0.2, 0.25) is 0 Å². The summed E-state index contributed by atoms with van der Waals surface area (Å²) in [6.07, 6.45) is 14.6. The summed E-state index contributed by atoms with van der Waals surface area (Å²) in [7, 11) is 0. The Hall–Kier alpha value is -0.610. The first-order chi connectivity index (χ1) is 15.5. The van der Waals surface area contributed by atoms with E-state index < -0.39 is 18.2 Å². The lowest BCUT2D eigenvalue weighted by Crippen LogP contribution is -2.54. The molecule has 0 aliphatic heterocycles. The number of hydrogen-bond acceptors (Lipinski definition) is 4. The lowest BCUT2D eigenvalue weighted by Gasteiger charge is -2.61. The molecule has 0 aromatic carbocycles. The number of rotatable bonds is 7. The second-order valence-corrected chi connectivity index (χ2v) is 13.6. The highest BCUT2D eigenvalue weighted by Gasteiger charge is 2.60. The number of fused-ring (bicyclic) bond motifs is 5. The summed E-state index contributed by atoms with van der Waals surface area (Å²) < 4.78 is 5.54. The minimum Gasteiger partial charge on any atom is -0.461 e. The molecule has 0 radical (unpaired) electrons. The van der Waals surface area contributed by atoms with Crippen LogP contribution in [0.2, 0.25) is 0 Å². The predicted molar refractivity (Wildman–Crippen MR) is 131 cm³/mol. The van der Waals surface area contributed by atoms with Crippen molar-refractivity contribution in [3.05, 3.63) is 0 Å². The Morgan fingerprint density at radius 3 is 2.42 bits per heavy atom. The van der Waals surface area contributed by atoms with Crippen LogP contribution in [0.4, 0.5) is 0 Å². The van der Waals surface area contributed by atoms with Gasteiger partial charge in [-0.15, -0.1) is 0 Å². The largest absolute Gasteiger partial charge is 0.461 e. The zero-order chi connectivity index (χ0) is 24.0. The number of aliphatic hydroxyl groups excluding tert-OH is 1. The van der Waals surface area contributed by atoms with E-state index >= 15 is 0 Å². The van der Waals surface area contributed by atoms with Gasteiger partial charge in [-0.05, 0) is 124 Å². The minimum atomic E-state index is -0.538. The van der Waals surface area contributed by atoms with Crippen LogP contribution in [0.25, 0.3) is 0 Å². The molecule has 0 heterocycles. The van der Waals surface area contributed by atoms with E-state index in [1.165, 1.54) is 51.4 Å². The maximum Gasteiger partial charge on any atom is 0.332 e. The Morgan fingerprint density at radius 1 is 1.03 bits per heavy atom. The molecule has 4 aliphatic rings. The Bertz CT molecular complexity index is 698. The fraction of sp³-hybridized carbons (Fsp3) is 0.966. The van der Waals surface area contributed by atoms with Crippen molar-refractivity contribution >= 4 is 5.97 Å². The van der Waals surface area contributed by atoms with Gasteiger partial charge in [0.1, 0.15) is 12.7 Å². The van der Waals surface area contributed by atoms with E-state index in [9.17, 15) is 9.90 Å². The lowest BCUT2D eigenvalue weighted by atomic mass is 9.44. The molecule has 0 unspecified atom stereocenters. The molecule has 0 spiro atoms. The van der Waals surface area contributed by atoms with Crippen molar-refractivity contribution in [1.29, 1.82) is 0 Å². The Morgan fingerprint density at radius 2 is 1.73 bits per heavy atom. The molecule has 0 bridgehead atoms. The molecular weight excluding hydrogens is 412 g/mol. The normalized spacial score (nSPS) is 43.8. The maximum absolute atomic E-state index is 11.6. The van der Waals surface area contributed by atoms with Crippen molar-refractivity contribution in [3.63, 3.8) is 0 Å². The third-order valence-electron chi connectivity index (χ3n) is 11.3. The summed E-state index contributed by atoms with van der Waals surface area (Å²) in [5, 5.41) is 19.2. The minimum absolute atomic E-state index is 0.00809. The van der Waals surface area contributed by atoms with Gasteiger partial charge in [-0.25, -0.2) is 4.79 Å². The summed E-state index contributed by atoms with van der Waals surface area (Å²) in [5.41, 5.74) is 0.346. The number of ether oxygens (including phenoxy) is 1. The molecule has 9 atom stereocenters. The molecule has 4 fully saturated rings. The van der Waals surface area contributed by atoms with Gasteiger partial charge in [0.25, 0.3) is 0 Å². The van der Waals surface area contributed by atoms with Crippen LogP contribution in [-0.4, -0.2) is 34.5 Å². The molecule has 0 aromatic rings. The van der Waals surface area contributed by atoms with Crippen LogP contribution in [0.15, 0.2) is 0 Å². The molecule has 4 rings (SSSR count). The summed E-state index contributed by atoms with van der Waals surface area (Å²) in [5.74, 6) is 4.36. The zero-order valence-electron chi connectivity index (χ0n) is 21.9. The Balaban J connectivity index is 1.41. The van der Waals surface area contributed by atoms with Crippen LogP contribution in [0.5, 0.6) is 0 Å². The number of esters is 1. The van der Waals surface area contributed by atoms with Gasteiger partial charge >= 0.3 is 5.97 Å². The van der Waals surface area contributed by atoms with Crippen LogP contribution in [0.3, 0.4) is 0 Å². The molecule has 2 N–H and O–H groups in total. The third-order valence-corrected chi connectivity index (χ3v) is 11.3. The van der Waals surface area contributed by atoms with E-state index in [1.54, 1.807) is 0 Å². The van der Waals surface area contributed by atoms with Crippen LogP contribution in [0.1, 0.15) is 112 Å². The van der Waals surface area contributed by atoms with Gasteiger partial charge < -0.3 is 14.9 Å². The number of carbonyl (C=O) groups excluding carboxylic acids is 1. The SMILES string of the molecule is C[C@H](CCCC(C)(C)O)[C@H]1CC[C@H]2[C@@H]3CC[C@H]4C[C@@H](OC(=O)CO)CC[C@]4(C)[C@H]3CC[C@]12C. The average molecular weight is 463 g/mol. The second kappa shape index (κ2) is 9.45. The summed E-state index contributed by atoms with van der Waals surface area (Å²) in [6, 6.07) is 0. The molecule has 4 saturated carbocycles. The van der Waals surface area contributed by atoms with E-state index in [-0.39, 0.29) is 6.10 Å². The Labute approximate surface area is 202 Å². The molecule has 0 amide bonds. The van der Waals surface area contributed by atoms with Gasteiger partial charge in [0.05, 0.1) is 5.60 Å². The van der Waals surface area contributed by atoms with Crippen molar-refractivity contribution in [2.75, 3.05) is 6.61 Å². The van der Waals surface area contributed by atoms with Crippen LogP contribution >= 0.6 is 0 Å². The van der Waals surface area contributed by atoms with E-state index in [0.29, 0.717) is 16.7 Å². The van der Waals surface area contributed by atoms with Gasteiger partial charge in [-0.2, -0.15) is 0 Å². The summed E-state index contributed by atoms with van der Waals surface area (Å²) in [6.45, 7) is 11.1. The van der Waals surface area contributed by atoms with Gasteiger partial charge in [-0.3, -0.25) is 0 Å². The highest BCUT2D eigenvalue weighted by Crippen LogP contribution is 2.68. The van der Waals surface area contributed by atoms with E-state index in [4.69, 9.17) is 9.84 Å². The summed E-state index contributed by atoms with van der Waals surface area (Å²) >= 11 is 0. The fourth-order valence-corrected chi connectivity index (χ4v) is 9.58. The first kappa shape index (κ1) is 25.5. The van der Waals surface area contributed by atoms with Crippen molar-refractivity contribution in [3.8, 4) is 0 Å². The highest BCUT2D eigenvalue weighted by atomic mass is 16.6. The molecule has 0 saturated heterocycles. The topological polar surface area (TPSA) is 66.8 Å². The van der Waals surface area contributed by atoms with Gasteiger partial charge in [0, 0.05) is 0 Å². The monoisotopic (exact) mass is 462 g/mol. The highest BCUT2D eigenvalue weighted by molar-refractivity contribution is 5.70. The maximum atomic E-state index is 11.6. The molecule has 33 heavy (non-hydrogen) atoms. The van der Waals surface area contributed by atoms with Crippen LogP contribution < -0.4 is 0 Å². The standard InChI is InChI=1S/C29H50O4/c1-19(7-6-14-27(2,3)32)23-10-11-24-22-9-8-20-17-21(33-26(31)18-30)12-15-28(20,4)25(22)13-16-29(23,24)5/h19-25,30,32H,6-18H2,1-5H3/t19-,20+,21+,22+,23-,24+,25+,28+,29-/m1/s1. The Kier molecular flexibility index (Phi) is 7.30. The zero-order valence-corrected chi connectivity index (χ0v) is 21.9. The van der Waals surface area contributed by atoms with E-state index in [2.05, 4.69) is 20.8 Å². The molecular formula is C29H50O4. The average Bonchev–Trinajstić information content (AvgIpc) is 3.10. The predicted octanol–water partition coefficient (Wildman–Crippen LogP) is 6.13.